The van der Waals surface area contributed by atoms with Gasteiger partial charge in [0.25, 0.3) is 0 Å². The summed E-state index contributed by atoms with van der Waals surface area (Å²) in [5.74, 6) is 1.38. The molecular formula is C44H40N2. The van der Waals surface area contributed by atoms with E-state index in [0.717, 1.165) is 5.92 Å². The topological polar surface area (TPSA) is 6.48 Å². The van der Waals surface area contributed by atoms with Gasteiger partial charge in [-0.25, -0.2) is 0 Å². The van der Waals surface area contributed by atoms with Gasteiger partial charge in [0.15, 0.2) is 0 Å². The van der Waals surface area contributed by atoms with Crippen molar-refractivity contribution in [1.29, 1.82) is 0 Å². The van der Waals surface area contributed by atoms with Gasteiger partial charge in [0.2, 0.25) is 0 Å². The molecule has 0 saturated heterocycles. The van der Waals surface area contributed by atoms with E-state index in [9.17, 15) is 0 Å². The van der Waals surface area contributed by atoms with Crippen molar-refractivity contribution in [3.8, 4) is 0 Å². The Kier molecular flexibility index (Phi) is 7.22. The lowest BCUT2D eigenvalue weighted by Gasteiger charge is -2.39. The second-order valence-electron chi connectivity index (χ2n) is 13.4. The predicted octanol–water partition coefficient (Wildman–Crippen LogP) is 12.1. The third-order valence-corrected chi connectivity index (χ3v) is 10.4. The molecule has 1 atom stereocenters. The molecule has 6 aromatic rings. The van der Waals surface area contributed by atoms with Gasteiger partial charge < -0.3 is 9.80 Å². The van der Waals surface area contributed by atoms with E-state index in [-0.39, 0.29) is 0 Å². The number of nitrogens with zero attached hydrogens (tertiary/aromatic N) is 2. The average molecular weight is 597 g/mol. The smallest absolute Gasteiger partial charge is 0.0464 e. The summed E-state index contributed by atoms with van der Waals surface area (Å²) >= 11 is 0. The first-order chi connectivity index (χ1) is 22.6. The van der Waals surface area contributed by atoms with E-state index in [1.807, 2.05) is 0 Å². The summed E-state index contributed by atoms with van der Waals surface area (Å²) in [5.41, 5.74) is 13.0. The Balaban J connectivity index is 1.04. The highest BCUT2D eigenvalue weighted by atomic mass is 15.1. The van der Waals surface area contributed by atoms with Crippen LogP contribution in [0.15, 0.2) is 158 Å². The molecule has 3 fully saturated rings. The van der Waals surface area contributed by atoms with E-state index in [0.29, 0.717) is 11.3 Å². The van der Waals surface area contributed by atoms with Crippen LogP contribution in [-0.4, -0.2) is 0 Å². The molecule has 3 saturated carbocycles. The van der Waals surface area contributed by atoms with Crippen LogP contribution in [-0.2, 0) is 5.41 Å². The fourth-order valence-electron chi connectivity index (χ4n) is 8.14. The summed E-state index contributed by atoms with van der Waals surface area (Å²) in [4.78, 5) is 4.73. The Morgan fingerprint density at radius 2 is 0.870 bits per heavy atom. The van der Waals surface area contributed by atoms with Gasteiger partial charge in [0.1, 0.15) is 0 Å². The standard InChI is InChI=1S/C44H40N2/c1-32-11-9-17-41(27-32)45(37-13-5-3-6-14-37)39-23-19-34(20-24-39)43-31-44(29-35(43)30-44)36-21-25-40(26-22-36)46(38-15-7-4-8-16-38)42-18-10-12-33(2)28-42/h3-28,35,43H,29-31H2,1-2H3/t35?,43-,44?/m0/s1. The van der Waals surface area contributed by atoms with Gasteiger partial charge >= 0.3 is 0 Å². The van der Waals surface area contributed by atoms with Crippen molar-refractivity contribution in [2.45, 2.75) is 44.4 Å². The fourth-order valence-corrected chi connectivity index (χ4v) is 8.14. The van der Waals surface area contributed by atoms with Crippen molar-refractivity contribution in [1.82, 2.24) is 0 Å². The Bertz CT molecular complexity index is 1940. The van der Waals surface area contributed by atoms with Gasteiger partial charge in [-0.05, 0) is 145 Å². The lowest BCUT2D eigenvalue weighted by atomic mass is 9.65. The van der Waals surface area contributed by atoms with Crippen LogP contribution in [0.25, 0.3) is 0 Å². The molecule has 2 nitrogen and oxygen atoms in total. The largest absolute Gasteiger partial charge is 0.310 e. The first-order valence-electron chi connectivity index (χ1n) is 16.6. The SMILES string of the molecule is Cc1cccc(N(c2ccccc2)c2ccc([C@@H]3CC4(c5ccc(N(c6ccccc6)c6cccc(C)c6)cc5)CC3C4)cc2)c1. The number of anilines is 6. The maximum absolute atomic E-state index is 2.41. The van der Waals surface area contributed by atoms with Crippen LogP contribution >= 0.6 is 0 Å². The van der Waals surface area contributed by atoms with Gasteiger partial charge in [-0.15, -0.1) is 0 Å². The Morgan fingerprint density at radius 3 is 1.35 bits per heavy atom. The van der Waals surface area contributed by atoms with E-state index in [1.165, 1.54) is 75.6 Å². The van der Waals surface area contributed by atoms with E-state index in [1.54, 1.807) is 0 Å². The number of aryl methyl sites for hydroxylation is 2. The molecule has 2 bridgehead atoms. The highest BCUT2D eigenvalue weighted by Gasteiger charge is 2.56. The number of benzene rings is 6. The predicted molar refractivity (Wildman–Crippen MR) is 193 cm³/mol. The van der Waals surface area contributed by atoms with Gasteiger partial charge in [0.05, 0.1) is 0 Å². The van der Waals surface area contributed by atoms with Crippen LogP contribution in [0.5, 0.6) is 0 Å². The third kappa shape index (κ3) is 5.18. The maximum atomic E-state index is 2.41. The molecule has 0 unspecified atom stereocenters. The van der Waals surface area contributed by atoms with Crippen LogP contribution in [0.3, 0.4) is 0 Å². The molecule has 6 aromatic carbocycles. The zero-order chi connectivity index (χ0) is 31.1. The van der Waals surface area contributed by atoms with E-state index >= 15 is 0 Å². The van der Waals surface area contributed by atoms with Crippen molar-refractivity contribution in [3.63, 3.8) is 0 Å². The Hall–Kier alpha value is -5.08. The summed E-state index contributed by atoms with van der Waals surface area (Å²) < 4.78 is 0. The molecule has 0 spiro atoms. The second-order valence-corrected chi connectivity index (χ2v) is 13.4. The minimum atomic E-state index is 0.297. The second kappa shape index (κ2) is 11.7. The monoisotopic (exact) mass is 596 g/mol. The summed E-state index contributed by atoms with van der Waals surface area (Å²) in [6.45, 7) is 4.32. The molecule has 0 heterocycles. The van der Waals surface area contributed by atoms with Crippen LogP contribution in [0.2, 0.25) is 0 Å². The molecule has 0 amide bonds. The minimum Gasteiger partial charge on any atom is -0.310 e. The maximum Gasteiger partial charge on any atom is 0.0464 e. The van der Waals surface area contributed by atoms with Gasteiger partial charge in [-0.2, -0.15) is 0 Å². The molecule has 3 aliphatic carbocycles. The zero-order valence-electron chi connectivity index (χ0n) is 26.7. The van der Waals surface area contributed by atoms with Crippen molar-refractivity contribution in [2.75, 3.05) is 9.80 Å². The minimum absolute atomic E-state index is 0.297. The molecule has 9 rings (SSSR count). The summed E-state index contributed by atoms with van der Waals surface area (Å²) in [6, 6.07) is 57.9. The number of fused-ring (bicyclic) bond motifs is 1. The van der Waals surface area contributed by atoms with Crippen molar-refractivity contribution in [3.05, 3.63) is 180 Å². The van der Waals surface area contributed by atoms with Crippen LogP contribution < -0.4 is 9.80 Å². The first kappa shape index (κ1) is 28.4. The van der Waals surface area contributed by atoms with Gasteiger partial charge in [0, 0.05) is 34.1 Å². The number of hydrogen-bond donors (Lipinski definition) is 0. The van der Waals surface area contributed by atoms with E-state index in [4.69, 9.17) is 0 Å². The molecular weight excluding hydrogens is 556 g/mol. The lowest BCUT2D eigenvalue weighted by molar-refractivity contribution is 0.238. The third-order valence-electron chi connectivity index (χ3n) is 10.4. The van der Waals surface area contributed by atoms with Crippen LogP contribution in [0.4, 0.5) is 34.1 Å². The molecule has 226 valence electrons. The first-order valence-corrected chi connectivity index (χ1v) is 16.6. The molecule has 0 aromatic heterocycles. The summed E-state index contributed by atoms with van der Waals surface area (Å²) in [6.07, 6.45) is 3.81. The van der Waals surface area contributed by atoms with Crippen molar-refractivity contribution in [2.24, 2.45) is 5.92 Å². The summed E-state index contributed by atoms with van der Waals surface area (Å²) in [7, 11) is 0. The molecule has 0 N–H and O–H groups in total. The number of rotatable bonds is 8. The fraction of sp³-hybridized carbons (Fsp3) is 0.182. The highest BCUT2D eigenvalue weighted by Crippen LogP contribution is 2.65. The van der Waals surface area contributed by atoms with E-state index in [2.05, 4.69) is 181 Å². The molecule has 3 aliphatic rings. The Morgan fingerprint density at radius 1 is 0.435 bits per heavy atom. The normalized spacial score (nSPS) is 19.8. The number of para-hydroxylation sites is 2. The zero-order valence-corrected chi connectivity index (χ0v) is 26.7. The van der Waals surface area contributed by atoms with Crippen molar-refractivity contribution < 1.29 is 0 Å². The van der Waals surface area contributed by atoms with E-state index < -0.39 is 0 Å². The van der Waals surface area contributed by atoms with Gasteiger partial charge in [-0.3, -0.25) is 0 Å². The van der Waals surface area contributed by atoms with Crippen LogP contribution in [0, 0.1) is 19.8 Å². The quantitative estimate of drug-likeness (QED) is 0.172. The Labute approximate surface area is 273 Å². The average Bonchev–Trinajstić information content (AvgIpc) is 3.65. The highest BCUT2D eigenvalue weighted by molar-refractivity contribution is 5.78. The van der Waals surface area contributed by atoms with Gasteiger partial charge in [-0.1, -0.05) is 84.9 Å². The van der Waals surface area contributed by atoms with Crippen LogP contribution in [0.1, 0.15) is 47.4 Å². The lowest BCUT2D eigenvalue weighted by Crippen LogP contribution is -2.32. The molecule has 2 heteroatoms. The molecule has 0 aliphatic heterocycles. The molecule has 0 radical (unpaired) electrons. The van der Waals surface area contributed by atoms with Crippen molar-refractivity contribution >= 4 is 34.1 Å². The molecule has 46 heavy (non-hydrogen) atoms. The summed E-state index contributed by atoms with van der Waals surface area (Å²) in [5, 5.41) is 0. The number of hydrogen-bond acceptors (Lipinski definition) is 2.